The summed E-state index contributed by atoms with van der Waals surface area (Å²) in [7, 11) is 0. The number of benzene rings is 1. The molecule has 4 nitrogen and oxygen atoms in total. The fourth-order valence-corrected chi connectivity index (χ4v) is 2.56. The Kier molecular flexibility index (Phi) is 4.33. The Bertz CT molecular complexity index is 790. The van der Waals surface area contributed by atoms with E-state index in [4.69, 9.17) is 4.98 Å². The molecule has 0 spiro atoms. The molecule has 0 aliphatic carbocycles. The summed E-state index contributed by atoms with van der Waals surface area (Å²) in [5.74, 6) is 1.38. The van der Waals surface area contributed by atoms with E-state index in [-0.39, 0.29) is 0 Å². The second-order valence-corrected chi connectivity index (χ2v) is 6.33. The van der Waals surface area contributed by atoms with Crippen LogP contribution in [0.1, 0.15) is 45.7 Å². The zero-order valence-corrected chi connectivity index (χ0v) is 14.2. The minimum Gasteiger partial charge on any atom is -0.367 e. The van der Waals surface area contributed by atoms with Crippen LogP contribution in [0, 0.1) is 0 Å². The van der Waals surface area contributed by atoms with Crippen LogP contribution >= 0.6 is 0 Å². The summed E-state index contributed by atoms with van der Waals surface area (Å²) in [4.78, 5) is 4.87. The van der Waals surface area contributed by atoms with Gasteiger partial charge in [0.1, 0.15) is 5.82 Å². The van der Waals surface area contributed by atoms with E-state index >= 15 is 0 Å². The van der Waals surface area contributed by atoms with Crippen molar-refractivity contribution in [2.75, 3.05) is 5.32 Å². The highest BCUT2D eigenvalue weighted by Crippen LogP contribution is 2.27. The summed E-state index contributed by atoms with van der Waals surface area (Å²) in [6.07, 6.45) is 2.97. The molecule has 0 bridgehead atoms. The van der Waals surface area contributed by atoms with Gasteiger partial charge >= 0.3 is 0 Å². The lowest BCUT2D eigenvalue weighted by Crippen LogP contribution is -2.17. The van der Waals surface area contributed by atoms with E-state index < -0.39 is 0 Å². The predicted octanol–water partition coefficient (Wildman–Crippen LogP) is 4.73. The molecule has 1 N–H and O–H groups in total. The molecule has 0 unspecified atom stereocenters. The second kappa shape index (κ2) is 6.41. The highest BCUT2D eigenvalue weighted by atomic mass is 15.3. The average molecular weight is 308 g/mol. The van der Waals surface area contributed by atoms with Gasteiger partial charge in [-0.1, -0.05) is 51.1 Å². The van der Waals surface area contributed by atoms with Crippen molar-refractivity contribution in [3.8, 4) is 11.1 Å². The van der Waals surface area contributed by atoms with Crippen molar-refractivity contribution >= 4 is 11.5 Å². The Labute approximate surface area is 137 Å². The molecule has 0 saturated heterocycles. The normalized spacial score (nSPS) is 12.7. The number of hydrogen-bond donors (Lipinski definition) is 1. The fourth-order valence-electron chi connectivity index (χ4n) is 2.56. The summed E-state index contributed by atoms with van der Waals surface area (Å²) in [6, 6.07) is 12.8. The van der Waals surface area contributed by atoms with Gasteiger partial charge < -0.3 is 5.32 Å². The first kappa shape index (κ1) is 15.5. The molecule has 0 saturated carbocycles. The second-order valence-electron chi connectivity index (χ2n) is 6.33. The molecule has 4 heteroatoms. The molecule has 2 aromatic heterocycles. The van der Waals surface area contributed by atoms with Gasteiger partial charge in [0.15, 0.2) is 5.65 Å². The van der Waals surface area contributed by atoms with E-state index in [9.17, 15) is 0 Å². The molecule has 23 heavy (non-hydrogen) atoms. The number of fused-ring (bicyclic) bond motifs is 1. The van der Waals surface area contributed by atoms with E-state index in [0.29, 0.717) is 12.0 Å². The van der Waals surface area contributed by atoms with Crippen LogP contribution in [-0.4, -0.2) is 20.6 Å². The molecule has 0 fully saturated rings. The van der Waals surface area contributed by atoms with Crippen molar-refractivity contribution in [3.05, 3.63) is 48.3 Å². The SMILES string of the molecule is CC[C@@H](C)Nc1cc(C(C)C)nc2c(-c3ccccc3)cnn12. The van der Waals surface area contributed by atoms with Crippen molar-refractivity contribution in [1.82, 2.24) is 14.6 Å². The molecular weight excluding hydrogens is 284 g/mol. The molecule has 120 valence electrons. The summed E-state index contributed by atoms with van der Waals surface area (Å²) >= 11 is 0. The Morgan fingerprint density at radius 2 is 1.87 bits per heavy atom. The standard InChI is InChI=1S/C19H24N4/c1-5-14(4)21-18-11-17(13(2)3)22-19-16(12-20-23(18)19)15-9-7-6-8-10-15/h6-14,21H,5H2,1-4H3/t14-/m1/s1. The molecular formula is C19H24N4. The number of nitrogens with zero attached hydrogens (tertiary/aromatic N) is 3. The van der Waals surface area contributed by atoms with Crippen molar-refractivity contribution in [2.45, 2.75) is 46.1 Å². The summed E-state index contributed by atoms with van der Waals surface area (Å²) in [5, 5.41) is 8.13. The summed E-state index contributed by atoms with van der Waals surface area (Å²) < 4.78 is 1.92. The van der Waals surface area contributed by atoms with E-state index in [1.54, 1.807) is 0 Å². The van der Waals surface area contributed by atoms with Gasteiger partial charge in [0.2, 0.25) is 0 Å². The van der Waals surface area contributed by atoms with Crippen LogP contribution in [-0.2, 0) is 0 Å². The highest BCUT2D eigenvalue weighted by Gasteiger charge is 2.15. The smallest absolute Gasteiger partial charge is 0.165 e. The molecule has 0 aliphatic rings. The third-order valence-electron chi connectivity index (χ3n) is 4.17. The number of anilines is 1. The fraction of sp³-hybridized carbons (Fsp3) is 0.368. The van der Waals surface area contributed by atoms with Crippen LogP contribution < -0.4 is 5.32 Å². The molecule has 1 atom stereocenters. The molecule has 0 amide bonds. The zero-order valence-electron chi connectivity index (χ0n) is 14.2. The molecule has 3 aromatic rings. The van der Waals surface area contributed by atoms with E-state index in [2.05, 4.69) is 56.3 Å². The minimum absolute atomic E-state index is 0.371. The quantitative estimate of drug-likeness (QED) is 0.741. The maximum Gasteiger partial charge on any atom is 0.165 e. The van der Waals surface area contributed by atoms with Crippen LogP contribution in [0.5, 0.6) is 0 Å². The first-order chi connectivity index (χ1) is 11.1. The van der Waals surface area contributed by atoms with Crippen molar-refractivity contribution in [1.29, 1.82) is 0 Å². The molecule has 3 rings (SSSR count). The maximum absolute atomic E-state index is 4.87. The summed E-state index contributed by atoms with van der Waals surface area (Å²) in [5.41, 5.74) is 4.21. The third kappa shape index (κ3) is 3.07. The molecule has 0 radical (unpaired) electrons. The third-order valence-corrected chi connectivity index (χ3v) is 4.17. The Morgan fingerprint density at radius 1 is 1.13 bits per heavy atom. The number of nitrogens with one attached hydrogen (secondary N) is 1. The average Bonchev–Trinajstić information content (AvgIpc) is 2.99. The van der Waals surface area contributed by atoms with Gasteiger partial charge in [-0.15, -0.1) is 0 Å². The zero-order chi connectivity index (χ0) is 16.4. The lowest BCUT2D eigenvalue weighted by atomic mass is 10.1. The van der Waals surface area contributed by atoms with Crippen molar-refractivity contribution < 1.29 is 0 Å². The molecule has 1 aromatic carbocycles. The van der Waals surface area contributed by atoms with Gasteiger partial charge in [0.05, 0.1) is 6.20 Å². The number of hydrogen-bond acceptors (Lipinski definition) is 3. The monoisotopic (exact) mass is 308 g/mol. The number of rotatable bonds is 5. The van der Waals surface area contributed by atoms with E-state index in [1.807, 2.05) is 28.9 Å². The Morgan fingerprint density at radius 3 is 2.52 bits per heavy atom. The van der Waals surface area contributed by atoms with Crippen molar-refractivity contribution in [2.24, 2.45) is 0 Å². The Hall–Kier alpha value is -2.36. The maximum atomic E-state index is 4.87. The highest BCUT2D eigenvalue weighted by molar-refractivity contribution is 5.78. The van der Waals surface area contributed by atoms with Crippen LogP contribution in [0.3, 0.4) is 0 Å². The molecule has 0 aliphatic heterocycles. The lowest BCUT2D eigenvalue weighted by molar-refractivity contribution is 0.742. The van der Waals surface area contributed by atoms with E-state index in [0.717, 1.165) is 34.7 Å². The van der Waals surface area contributed by atoms with Gasteiger partial charge in [-0.2, -0.15) is 9.61 Å². The largest absolute Gasteiger partial charge is 0.367 e. The van der Waals surface area contributed by atoms with Crippen LogP contribution in [0.4, 0.5) is 5.82 Å². The minimum atomic E-state index is 0.371. The van der Waals surface area contributed by atoms with Gasteiger partial charge in [-0.3, -0.25) is 0 Å². The first-order valence-corrected chi connectivity index (χ1v) is 8.30. The van der Waals surface area contributed by atoms with Gasteiger partial charge in [-0.25, -0.2) is 4.98 Å². The van der Waals surface area contributed by atoms with Gasteiger partial charge in [-0.05, 0) is 24.8 Å². The topological polar surface area (TPSA) is 42.2 Å². The molecule has 2 heterocycles. The predicted molar refractivity (Wildman–Crippen MR) is 95.9 cm³/mol. The van der Waals surface area contributed by atoms with E-state index in [1.165, 1.54) is 0 Å². The number of aromatic nitrogens is 3. The van der Waals surface area contributed by atoms with Crippen molar-refractivity contribution in [3.63, 3.8) is 0 Å². The van der Waals surface area contributed by atoms with Gasteiger partial charge in [0, 0.05) is 23.4 Å². The summed E-state index contributed by atoms with van der Waals surface area (Å²) in [6.45, 7) is 8.70. The van der Waals surface area contributed by atoms with Crippen LogP contribution in [0.15, 0.2) is 42.6 Å². The first-order valence-electron chi connectivity index (χ1n) is 8.30. The van der Waals surface area contributed by atoms with Crippen LogP contribution in [0.25, 0.3) is 16.8 Å². The van der Waals surface area contributed by atoms with Gasteiger partial charge in [0.25, 0.3) is 0 Å². The Balaban J connectivity index is 2.18. The lowest BCUT2D eigenvalue weighted by Gasteiger charge is -2.16. The van der Waals surface area contributed by atoms with Crippen LogP contribution in [0.2, 0.25) is 0 Å².